The van der Waals surface area contributed by atoms with Crippen molar-refractivity contribution in [2.75, 3.05) is 20.8 Å². The number of Topliss-reactive ketones (excluding diaryl/α,β-unsaturated/α-hetero) is 1. The van der Waals surface area contributed by atoms with Gasteiger partial charge >= 0.3 is 18.0 Å². The first-order chi connectivity index (χ1) is 19.9. The van der Waals surface area contributed by atoms with Crippen molar-refractivity contribution in [3.8, 4) is 0 Å². The fraction of sp³-hybridized carbons (Fsp3) is 0.643. The van der Waals surface area contributed by atoms with E-state index in [1.54, 1.807) is 10.9 Å². The number of urea groups is 1. The van der Waals surface area contributed by atoms with Gasteiger partial charge in [-0.05, 0) is 25.2 Å². The van der Waals surface area contributed by atoms with Gasteiger partial charge in [-0.2, -0.15) is 0 Å². The molecule has 1 fully saturated rings. The summed E-state index contributed by atoms with van der Waals surface area (Å²) in [6.07, 6.45) is 6.05. The Morgan fingerprint density at radius 3 is 2.29 bits per heavy atom. The van der Waals surface area contributed by atoms with Crippen LogP contribution in [0.1, 0.15) is 102 Å². The van der Waals surface area contributed by atoms with Gasteiger partial charge in [0.25, 0.3) is 0 Å². The maximum Gasteiger partial charge on any atom is 0.342 e. The van der Waals surface area contributed by atoms with E-state index in [0.29, 0.717) is 25.1 Å². The van der Waals surface area contributed by atoms with Gasteiger partial charge in [-0.1, -0.05) is 38.3 Å². The van der Waals surface area contributed by atoms with Crippen molar-refractivity contribution in [3.63, 3.8) is 0 Å². The smallest absolute Gasteiger partial charge is 0.342 e. The Kier molecular flexibility index (Phi) is 11.2. The minimum absolute atomic E-state index is 0.00484. The average Bonchev–Trinajstić information content (AvgIpc) is 3.60. The number of aliphatic hydroxyl groups is 2. The zero-order chi connectivity index (χ0) is 31.0. The first-order valence-electron chi connectivity index (χ1n) is 14.1. The lowest BCUT2D eigenvalue weighted by atomic mass is 9.83. The molecule has 0 radical (unpaired) electrons. The Morgan fingerprint density at radius 2 is 1.71 bits per heavy atom. The van der Waals surface area contributed by atoms with Crippen LogP contribution >= 0.6 is 0 Å². The largest absolute Gasteiger partial charge is 0.465 e. The van der Waals surface area contributed by atoms with Gasteiger partial charge in [-0.3, -0.25) is 9.48 Å². The maximum atomic E-state index is 12.9. The van der Waals surface area contributed by atoms with E-state index < -0.39 is 42.0 Å². The number of furan rings is 1. The number of hydrogen-bond donors (Lipinski definition) is 4. The quantitative estimate of drug-likeness (QED) is 0.197. The van der Waals surface area contributed by atoms with Gasteiger partial charge in [-0.15, -0.1) is 5.10 Å². The van der Waals surface area contributed by atoms with Crippen molar-refractivity contribution in [3.05, 3.63) is 34.5 Å². The number of nitrogens with one attached hydrogen (secondary N) is 2. The Labute approximate surface area is 244 Å². The number of rotatable bonds is 13. The highest BCUT2D eigenvalue weighted by molar-refractivity contribution is 6.11. The molecule has 4 N–H and O–H groups in total. The third-order valence-electron chi connectivity index (χ3n) is 7.56. The van der Waals surface area contributed by atoms with Gasteiger partial charge in [0, 0.05) is 13.3 Å². The van der Waals surface area contributed by atoms with E-state index in [9.17, 15) is 29.4 Å². The minimum atomic E-state index is -0.979. The maximum absolute atomic E-state index is 12.9. The summed E-state index contributed by atoms with van der Waals surface area (Å²) in [4.78, 5) is 49.9. The fourth-order valence-corrected chi connectivity index (χ4v) is 5.05. The summed E-state index contributed by atoms with van der Waals surface area (Å²) in [5.74, 6) is -2.74. The molecule has 2 amide bonds. The number of ether oxygens (including phenoxy) is 2. The summed E-state index contributed by atoms with van der Waals surface area (Å²) in [7, 11) is 2.23. The van der Waals surface area contributed by atoms with Gasteiger partial charge < -0.3 is 34.7 Å². The van der Waals surface area contributed by atoms with Crippen molar-refractivity contribution in [2.45, 2.75) is 89.9 Å². The van der Waals surface area contributed by atoms with Crippen molar-refractivity contribution in [2.24, 2.45) is 5.92 Å². The first-order valence-corrected chi connectivity index (χ1v) is 14.1. The summed E-state index contributed by atoms with van der Waals surface area (Å²) >= 11 is 0. The van der Waals surface area contributed by atoms with E-state index in [2.05, 4.69) is 20.9 Å². The van der Waals surface area contributed by atoms with E-state index in [1.165, 1.54) is 6.92 Å². The molecule has 1 aliphatic rings. The molecule has 1 aliphatic carbocycles. The molecule has 14 heteroatoms. The molecule has 0 aliphatic heterocycles. The number of methoxy groups -OCH3 is 2. The second kappa shape index (κ2) is 14.4. The number of amides is 2. The number of ketones is 1. The van der Waals surface area contributed by atoms with Crippen LogP contribution in [0.4, 0.5) is 4.79 Å². The number of esters is 2. The lowest BCUT2D eigenvalue weighted by Gasteiger charge is -2.29. The first kappa shape index (κ1) is 32.7. The number of aromatic nitrogens is 3. The second-order valence-electron chi connectivity index (χ2n) is 10.9. The van der Waals surface area contributed by atoms with E-state index in [0.717, 1.165) is 33.5 Å². The zero-order valence-electron chi connectivity index (χ0n) is 24.8. The lowest BCUT2D eigenvalue weighted by molar-refractivity contribution is -0.00476. The van der Waals surface area contributed by atoms with Crippen molar-refractivity contribution >= 4 is 23.8 Å². The predicted octanol–water partition coefficient (Wildman–Crippen LogP) is 2.12. The molecule has 0 aromatic carbocycles. The van der Waals surface area contributed by atoms with E-state index in [4.69, 9.17) is 13.9 Å². The SMILES string of the molecule is COC(=O)c1c(CC[C@@H](CO)NC(=O)N[C@H](Cn2cc(C3(O)CCCCC3)nn2)C(C)C)oc(C(C)=O)c1C(=O)OC. The summed E-state index contributed by atoms with van der Waals surface area (Å²) in [5.41, 5.74) is -1.01. The van der Waals surface area contributed by atoms with Crippen LogP contribution in [0.15, 0.2) is 10.6 Å². The molecular weight excluding hydrogens is 550 g/mol. The fourth-order valence-electron chi connectivity index (χ4n) is 5.05. The summed E-state index contributed by atoms with van der Waals surface area (Å²) < 4.78 is 16.7. The Hall–Kier alpha value is -3.78. The normalized spacial score (nSPS) is 16.0. The monoisotopic (exact) mass is 591 g/mol. The molecule has 2 aromatic rings. The molecular formula is C28H41N5O9. The van der Waals surface area contributed by atoms with E-state index in [-0.39, 0.29) is 47.4 Å². The molecule has 0 unspecified atom stereocenters. The molecule has 2 atom stereocenters. The van der Waals surface area contributed by atoms with Crippen LogP contribution < -0.4 is 10.6 Å². The van der Waals surface area contributed by atoms with Gasteiger partial charge in [0.05, 0.1) is 45.7 Å². The standard InChI is InChI=1S/C28H41N5O9/c1-16(2)19(13-33-14-21(31-32-33)28(39)11-7-6-8-12-28)30-27(38)29-18(15-34)9-10-20-22(25(36)40-4)23(26(37)41-5)24(42-20)17(3)35/h14,16,18-19,34,39H,6-13,15H2,1-5H3,(H2,29,30,38)/t18-,19+/m0/s1. The second-order valence-corrected chi connectivity index (χ2v) is 10.9. The summed E-state index contributed by atoms with van der Waals surface area (Å²) in [5, 5.41) is 34.9. The van der Waals surface area contributed by atoms with Crippen LogP contribution in [0.5, 0.6) is 0 Å². The number of hydrogen-bond acceptors (Lipinski definition) is 11. The van der Waals surface area contributed by atoms with Crippen molar-refractivity contribution in [1.82, 2.24) is 25.6 Å². The molecule has 2 heterocycles. The number of carbonyl (C=O) groups is 4. The van der Waals surface area contributed by atoms with Crippen LogP contribution in [-0.2, 0) is 28.0 Å². The summed E-state index contributed by atoms with van der Waals surface area (Å²) in [6, 6.07) is -1.64. The van der Waals surface area contributed by atoms with Crippen molar-refractivity contribution in [1.29, 1.82) is 0 Å². The van der Waals surface area contributed by atoms with Gasteiger partial charge in [-0.25, -0.2) is 14.4 Å². The average molecular weight is 592 g/mol. The minimum Gasteiger partial charge on any atom is -0.465 e. The van der Waals surface area contributed by atoms with Gasteiger partial charge in [0.15, 0.2) is 11.5 Å². The van der Waals surface area contributed by atoms with Crippen LogP contribution in [0.2, 0.25) is 0 Å². The van der Waals surface area contributed by atoms with E-state index >= 15 is 0 Å². The molecule has 0 bridgehead atoms. The Morgan fingerprint density at radius 1 is 1.07 bits per heavy atom. The lowest BCUT2D eigenvalue weighted by Crippen LogP contribution is -2.50. The third kappa shape index (κ3) is 7.73. The van der Waals surface area contributed by atoms with Gasteiger partial charge in [0.2, 0.25) is 0 Å². The molecule has 232 valence electrons. The summed E-state index contributed by atoms with van der Waals surface area (Å²) in [6.45, 7) is 4.95. The number of carbonyl (C=O) groups excluding carboxylic acids is 4. The topological polar surface area (TPSA) is 195 Å². The number of nitrogens with zero attached hydrogens (tertiary/aromatic N) is 3. The van der Waals surface area contributed by atoms with Crippen LogP contribution in [0, 0.1) is 5.92 Å². The Bertz CT molecular complexity index is 1260. The third-order valence-corrected chi connectivity index (χ3v) is 7.56. The molecule has 0 spiro atoms. The number of aliphatic hydroxyl groups excluding tert-OH is 1. The molecule has 0 saturated heterocycles. The van der Waals surface area contributed by atoms with Crippen LogP contribution in [0.3, 0.4) is 0 Å². The molecule has 14 nitrogen and oxygen atoms in total. The van der Waals surface area contributed by atoms with Crippen molar-refractivity contribution < 1.29 is 43.3 Å². The molecule has 1 saturated carbocycles. The predicted molar refractivity (Wildman–Crippen MR) is 148 cm³/mol. The molecule has 3 rings (SSSR count). The number of aryl methyl sites for hydroxylation is 1. The van der Waals surface area contributed by atoms with Crippen LogP contribution in [0.25, 0.3) is 0 Å². The highest BCUT2D eigenvalue weighted by atomic mass is 16.5. The zero-order valence-corrected chi connectivity index (χ0v) is 24.8. The highest BCUT2D eigenvalue weighted by Crippen LogP contribution is 2.35. The Balaban J connectivity index is 1.67. The van der Waals surface area contributed by atoms with E-state index in [1.807, 2.05) is 13.8 Å². The molecule has 42 heavy (non-hydrogen) atoms. The van der Waals surface area contributed by atoms with Gasteiger partial charge in [0.1, 0.15) is 28.2 Å². The molecule has 2 aromatic heterocycles. The highest BCUT2D eigenvalue weighted by Gasteiger charge is 2.35. The van der Waals surface area contributed by atoms with Crippen LogP contribution in [-0.4, -0.2) is 81.9 Å².